The van der Waals surface area contributed by atoms with E-state index in [4.69, 9.17) is 34.8 Å². The molecular weight excluding hydrogens is 355 g/mol. The second-order valence-electron chi connectivity index (χ2n) is 5.24. The Hall–Kier alpha value is -1.26. The van der Waals surface area contributed by atoms with E-state index in [0.29, 0.717) is 20.8 Å². The Morgan fingerprint density at radius 1 is 1.00 bits per heavy atom. The number of carbonyl (C=O) groups excluding carboxylic acids is 1. The molecule has 3 nitrogen and oxygen atoms in total. The van der Waals surface area contributed by atoms with Crippen LogP contribution in [-0.4, -0.2) is 11.9 Å². The first-order chi connectivity index (χ1) is 10.9. The Morgan fingerprint density at radius 2 is 1.70 bits per heavy atom. The number of benzene rings is 2. The Bertz CT molecular complexity index is 706. The van der Waals surface area contributed by atoms with Gasteiger partial charge in [-0.1, -0.05) is 53.0 Å². The summed E-state index contributed by atoms with van der Waals surface area (Å²) in [6, 6.07) is 12.0. The summed E-state index contributed by atoms with van der Waals surface area (Å²) in [5.74, 6) is -0.201. The molecule has 2 aromatic carbocycles. The van der Waals surface area contributed by atoms with Gasteiger partial charge in [0.05, 0.1) is 16.8 Å². The van der Waals surface area contributed by atoms with Gasteiger partial charge in [0.15, 0.2) is 0 Å². The molecule has 0 saturated heterocycles. The van der Waals surface area contributed by atoms with Crippen molar-refractivity contribution in [2.24, 2.45) is 0 Å². The fourth-order valence-corrected chi connectivity index (χ4v) is 2.84. The summed E-state index contributed by atoms with van der Waals surface area (Å²) in [5.41, 5.74) is 1.43. The van der Waals surface area contributed by atoms with E-state index in [9.17, 15) is 4.79 Å². The fraction of sp³-hybridized carbons (Fsp3) is 0.235. The summed E-state index contributed by atoms with van der Waals surface area (Å²) < 4.78 is 0. The summed E-state index contributed by atoms with van der Waals surface area (Å²) in [6.07, 6.45) is 0. The van der Waals surface area contributed by atoms with Crippen molar-refractivity contribution in [3.05, 3.63) is 63.1 Å². The van der Waals surface area contributed by atoms with E-state index in [1.165, 1.54) is 0 Å². The number of rotatable bonds is 5. The highest BCUT2D eigenvalue weighted by atomic mass is 35.5. The molecule has 2 aromatic rings. The lowest BCUT2D eigenvalue weighted by Crippen LogP contribution is -2.39. The molecule has 0 radical (unpaired) electrons. The zero-order chi connectivity index (χ0) is 17.0. The van der Waals surface area contributed by atoms with Crippen LogP contribution in [-0.2, 0) is 4.79 Å². The summed E-state index contributed by atoms with van der Waals surface area (Å²) >= 11 is 18.2. The summed E-state index contributed by atoms with van der Waals surface area (Å²) in [7, 11) is 0. The van der Waals surface area contributed by atoms with Crippen LogP contribution in [0, 0.1) is 0 Å². The van der Waals surface area contributed by atoms with Crippen LogP contribution in [0.25, 0.3) is 0 Å². The van der Waals surface area contributed by atoms with Gasteiger partial charge in [0.25, 0.3) is 0 Å². The van der Waals surface area contributed by atoms with Crippen LogP contribution in [0.4, 0.5) is 5.69 Å². The second kappa shape index (κ2) is 8.02. The molecule has 0 aliphatic rings. The largest absolute Gasteiger partial charge is 0.323 e. The highest BCUT2D eigenvalue weighted by molar-refractivity contribution is 6.35. The van der Waals surface area contributed by atoms with Crippen molar-refractivity contribution in [1.29, 1.82) is 0 Å². The van der Waals surface area contributed by atoms with E-state index >= 15 is 0 Å². The number of hydrogen-bond acceptors (Lipinski definition) is 2. The molecule has 0 aliphatic heterocycles. The van der Waals surface area contributed by atoms with Gasteiger partial charge >= 0.3 is 0 Å². The molecule has 6 heteroatoms. The number of hydrogen-bond donors (Lipinski definition) is 2. The van der Waals surface area contributed by atoms with Crippen LogP contribution >= 0.6 is 34.8 Å². The summed E-state index contributed by atoms with van der Waals surface area (Å²) in [6.45, 7) is 3.73. The summed E-state index contributed by atoms with van der Waals surface area (Å²) in [4.78, 5) is 12.3. The molecule has 0 bridgehead atoms. The average molecular weight is 372 g/mol. The minimum Gasteiger partial charge on any atom is -0.323 e. The zero-order valence-corrected chi connectivity index (χ0v) is 15.0. The van der Waals surface area contributed by atoms with Crippen molar-refractivity contribution < 1.29 is 4.79 Å². The molecule has 0 unspecified atom stereocenters. The number of carbonyl (C=O) groups is 1. The standard InChI is InChI=1S/C17H17Cl3N2O/c1-10(13-5-3-4-6-14(13)19)21-11(2)17(23)22-16-9-12(18)7-8-15(16)20/h3-11,21H,1-2H3,(H,22,23)/t10-,11+/m0/s1. The monoisotopic (exact) mass is 370 g/mol. The zero-order valence-electron chi connectivity index (χ0n) is 12.7. The molecule has 2 atom stereocenters. The molecular formula is C17H17Cl3N2O. The molecule has 23 heavy (non-hydrogen) atoms. The highest BCUT2D eigenvalue weighted by Gasteiger charge is 2.18. The fourth-order valence-electron chi connectivity index (χ4n) is 2.20. The van der Waals surface area contributed by atoms with Crippen LogP contribution in [0.1, 0.15) is 25.5 Å². The molecule has 0 fully saturated rings. The van der Waals surface area contributed by atoms with E-state index in [-0.39, 0.29) is 11.9 Å². The first kappa shape index (κ1) is 18.1. The smallest absolute Gasteiger partial charge is 0.241 e. The summed E-state index contributed by atoms with van der Waals surface area (Å²) in [5, 5.41) is 7.60. The predicted molar refractivity (Wildman–Crippen MR) is 97.6 cm³/mol. The molecule has 2 rings (SSSR count). The predicted octanol–water partition coefficient (Wildman–Crippen LogP) is 5.32. The molecule has 0 spiro atoms. The highest BCUT2D eigenvalue weighted by Crippen LogP contribution is 2.26. The van der Waals surface area contributed by atoms with Gasteiger partial charge in [-0.15, -0.1) is 0 Å². The number of halogens is 3. The molecule has 0 saturated carbocycles. The Labute approximate surface area is 150 Å². The first-order valence-corrected chi connectivity index (χ1v) is 8.28. The number of amides is 1. The topological polar surface area (TPSA) is 41.1 Å². The number of anilines is 1. The van der Waals surface area contributed by atoms with E-state index < -0.39 is 6.04 Å². The van der Waals surface area contributed by atoms with Crippen molar-refractivity contribution in [2.75, 3.05) is 5.32 Å². The van der Waals surface area contributed by atoms with Crippen molar-refractivity contribution in [2.45, 2.75) is 25.9 Å². The van der Waals surface area contributed by atoms with Crippen LogP contribution in [0.5, 0.6) is 0 Å². The molecule has 1 amide bonds. The van der Waals surface area contributed by atoms with Gasteiger partial charge in [0.1, 0.15) is 0 Å². The Balaban J connectivity index is 2.02. The minimum absolute atomic E-state index is 0.0701. The van der Waals surface area contributed by atoms with Gasteiger partial charge in [-0.2, -0.15) is 0 Å². The van der Waals surface area contributed by atoms with Crippen LogP contribution < -0.4 is 10.6 Å². The third kappa shape index (κ3) is 4.85. The van der Waals surface area contributed by atoms with Crippen LogP contribution in [0.2, 0.25) is 15.1 Å². The van der Waals surface area contributed by atoms with E-state index in [0.717, 1.165) is 5.56 Å². The molecule has 122 valence electrons. The van der Waals surface area contributed by atoms with Gasteiger partial charge in [0.2, 0.25) is 5.91 Å². The van der Waals surface area contributed by atoms with Gasteiger partial charge in [-0.3, -0.25) is 10.1 Å². The molecule has 2 N–H and O–H groups in total. The van der Waals surface area contributed by atoms with E-state index in [1.54, 1.807) is 25.1 Å². The first-order valence-electron chi connectivity index (χ1n) is 7.15. The average Bonchev–Trinajstić information content (AvgIpc) is 2.51. The van der Waals surface area contributed by atoms with Gasteiger partial charge < -0.3 is 5.32 Å². The third-order valence-corrected chi connectivity index (χ3v) is 4.36. The second-order valence-corrected chi connectivity index (χ2v) is 6.50. The maximum Gasteiger partial charge on any atom is 0.241 e. The van der Waals surface area contributed by atoms with Gasteiger partial charge in [-0.25, -0.2) is 0 Å². The molecule has 0 aromatic heterocycles. The van der Waals surface area contributed by atoms with Crippen molar-refractivity contribution in [3.63, 3.8) is 0 Å². The molecule has 0 heterocycles. The van der Waals surface area contributed by atoms with E-state index in [2.05, 4.69) is 10.6 Å². The third-order valence-electron chi connectivity index (χ3n) is 3.45. The number of nitrogens with one attached hydrogen (secondary N) is 2. The lowest BCUT2D eigenvalue weighted by Gasteiger charge is -2.21. The Kier molecular flexibility index (Phi) is 6.31. The van der Waals surface area contributed by atoms with Crippen LogP contribution in [0.15, 0.2) is 42.5 Å². The molecule has 0 aliphatic carbocycles. The Morgan fingerprint density at radius 3 is 2.39 bits per heavy atom. The van der Waals surface area contributed by atoms with Gasteiger partial charge in [-0.05, 0) is 43.7 Å². The SMILES string of the molecule is C[C@H](N[C@H](C)C(=O)Nc1cc(Cl)ccc1Cl)c1ccccc1Cl. The van der Waals surface area contributed by atoms with Crippen LogP contribution in [0.3, 0.4) is 0 Å². The van der Waals surface area contributed by atoms with Gasteiger partial charge in [0, 0.05) is 16.1 Å². The van der Waals surface area contributed by atoms with Crippen molar-refractivity contribution in [1.82, 2.24) is 5.32 Å². The van der Waals surface area contributed by atoms with E-state index in [1.807, 2.05) is 31.2 Å². The normalized spacial score (nSPS) is 13.4. The lowest BCUT2D eigenvalue weighted by atomic mass is 10.1. The maximum absolute atomic E-state index is 12.3. The maximum atomic E-state index is 12.3. The van der Waals surface area contributed by atoms with Crippen molar-refractivity contribution >= 4 is 46.4 Å². The quantitative estimate of drug-likeness (QED) is 0.746. The van der Waals surface area contributed by atoms with Crippen molar-refractivity contribution in [3.8, 4) is 0 Å². The minimum atomic E-state index is -0.434. The lowest BCUT2D eigenvalue weighted by molar-refractivity contribution is -0.117.